The molecule has 0 amide bonds. The molecule has 9 heteroatoms. The first kappa shape index (κ1) is 15.4. The summed E-state index contributed by atoms with van der Waals surface area (Å²) in [5, 5.41) is 5.89. The minimum atomic E-state index is -3.00. The molecule has 0 aliphatic rings. The number of hydrogen-bond acceptors (Lipinski definition) is 8. The van der Waals surface area contributed by atoms with E-state index in [1.54, 1.807) is 4.90 Å². The van der Waals surface area contributed by atoms with E-state index in [0.29, 0.717) is 24.4 Å². The SMILES string of the molecule is CCNc1nc(NCCS(C)(=O)=O)nc(N(C)C)n1. The quantitative estimate of drug-likeness (QED) is 0.713. The predicted molar refractivity (Wildman–Crippen MR) is 76.5 cm³/mol. The molecule has 0 fully saturated rings. The van der Waals surface area contributed by atoms with Gasteiger partial charge in [-0.1, -0.05) is 0 Å². The van der Waals surface area contributed by atoms with Gasteiger partial charge in [-0.2, -0.15) is 15.0 Å². The zero-order valence-corrected chi connectivity index (χ0v) is 12.5. The van der Waals surface area contributed by atoms with E-state index in [2.05, 4.69) is 25.6 Å². The van der Waals surface area contributed by atoms with Crippen LogP contribution in [0.2, 0.25) is 0 Å². The largest absolute Gasteiger partial charge is 0.354 e. The third kappa shape index (κ3) is 5.69. The van der Waals surface area contributed by atoms with E-state index in [-0.39, 0.29) is 12.3 Å². The molecular formula is C10H20N6O2S. The van der Waals surface area contributed by atoms with Crippen molar-refractivity contribution in [2.45, 2.75) is 6.92 Å². The molecule has 0 saturated carbocycles. The van der Waals surface area contributed by atoms with Crippen molar-refractivity contribution >= 4 is 27.7 Å². The molecule has 0 aliphatic carbocycles. The van der Waals surface area contributed by atoms with Crippen LogP contribution in [0.4, 0.5) is 17.8 Å². The second-order valence-corrected chi connectivity index (χ2v) is 6.52. The van der Waals surface area contributed by atoms with Crippen molar-refractivity contribution in [1.82, 2.24) is 15.0 Å². The summed E-state index contributed by atoms with van der Waals surface area (Å²) in [6.07, 6.45) is 1.19. The van der Waals surface area contributed by atoms with Gasteiger partial charge in [-0.15, -0.1) is 0 Å². The van der Waals surface area contributed by atoms with Gasteiger partial charge in [-0.05, 0) is 6.92 Å². The smallest absolute Gasteiger partial charge is 0.231 e. The Bertz CT molecular complexity index is 517. The average molecular weight is 288 g/mol. The predicted octanol–water partition coefficient (Wildman–Crippen LogP) is -0.174. The highest BCUT2D eigenvalue weighted by atomic mass is 32.2. The summed E-state index contributed by atoms with van der Waals surface area (Å²) in [7, 11) is 0.649. The monoisotopic (exact) mass is 288 g/mol. The molecule has 1 aromatic heterocycles. The van der Waals surface area contributed by atoms with Gasteiger partial charge in [0.1, 0.15) is 9.84 Å². The van der Waals surface area contributed by atoms with E-state index in [9.17, 15) is 8.42 Å². The highest BCUT2D eigenvalue weighted by Gasteiger charge is 2.08. The van der Waals surface area contributed by atoms with Crippen molar-refractivity contribution in [3.05, 3.63) is 0 Å². The maximum absolute atomic E-state index is 11.1. The van der Waals surface area contributed by atoms with Gasteiger partial charge < -0.3 is 15.5 Å². The lowest BCUT2D eigenvalue weighted by atomic mass is 10.7. The Morgan fingerprint density at radius 2 is 1.68 bits per heavy atom. The van der Waals surface area contributed by atoms with Crippen LogP contribution in [0.25, 0.3) is 0 Å². The van der Waals surface area contributed by atoms with Gasteiger partial charge in [0, 0.05) is 33.4 Å². The number of nitrogens with one attached hydrogen (secondary N) is 2. The van der Waals surface area contributed by atoms with Crippen molar-refractivity contribution < 1.29 is 8.42 Å². The molecule has 0 aliphatic heterocycles. The fourth-order valence-electron chi connectivity index (χ4n) is 1.23. The number of nitrogens with zero attached hydrogens (tertiary/aromatic N) is 4. The van der Waals surface area contributed by atoms with Gasteiger partial charge in [0.25, 0.3) is 0 Å². The molecule has 0 atom stereocenters. The van der Waals surface area contributed by atoms with Crippen molar-refractivity contribution in [2.24, 2.45) is 0 Å². The molecule has 0 radical (unpaired) electrons. The van der Waals surface area contributed by atoms with E-state index in [0.717, 1.165) is 0 Å². The molecule has 108 valence electrons. The van der Waals surface area contributed by atoms with Crippen LogP contribution in [0.3, 0.4) is 0 Å². The Labute approximate surface area is 113 Å². The zero-order valence-electron chi connectivity index (χ0n) is 11.6. The number of anilines is 3. The Morgan fingerprint density at radius 1 is 1.11 bits per heavy atom. The van der Waals surface area contributed by atoms with Crippen LogP contribution in [-0.4, -0.2) is 62.6 Å². The van der Waals surface area contributed by atoms with Crippen LogP contribution in [0.5, 0.6) is 0 Å². The standard InChI is InChI=1S/C10H20N6O2S/c1-5-11-8-13-9(12-6-7-19(4,17)18)15-10(14-8)16(2)3/h5-7H2,1-4H3,(H2,11,12,13,14,15). The molecule has 1 rings (SSSR count). The van der Waals surface area contributed by atoms with E-state index in [1.807, 2.05) is 21.0 Å². The van der Waals surface area contributed by atoms with Gasteiger partial charge in [-0.25, -0.2) is 8.42 Å². The molecular weight excluding hydrogens is 268 g/mol. The topological polar surface area (TPSA) is 100 Å². The van der Waals surface area contributed by atoms with E-state index in [4.69, 9.17) is 0 Å². The third-order valence-corrected chi connectivity index (χ3v) is 3.06. The number of aromatic nitrogens is 3. The Hall–Kier alpha value is -1.64. The number of hydrogen-bond donors (Lipinski definition) is 2. The minimum absolute atomic E-state index is 0.0342. The van der Waals surface area contributed by atoms with Crippen LogP contribution in [0.1, 0.15) is 6.92 Å². The van der Waals surface area contributed by atoms with Crippen LogP contribution < -0.4 is 15.5 Å². The second kappa shape index (κ2) is 6.50. The zero-order chi connectivity index (χ0) is 14.5. The Morgan fingerprint density at radius 3 is 2.16 bits per heavy atom. The van der Waals surface area contributed by atoms with Gasteiger partial charge in [0.05, 0.1) is 5.75 Å². The van der Waals surface area contributed by atoms with Crippen molar-refractivity contribution in [3.63, 3.8) is 0 Å². The van der Waals surface area contributed by atoms with Gasteiger partial charge in [0.2, 0.25) is 17.8 Å². The first-order valence-electron chi connectivity index (χ1n) is 5.90. The molecule has 19 heavy (non-hydrogen) atoms. The summed E-state index contributed by atoms with van der Waals surface area (Å²) >= 11 is 0. The summed E-state index contributed by atoms with van der Waals surface area (Å²) in [5.41, 5.74) is 0. The van der Waals surface area contributed by atoms with Crippen LogP contribution >= 0.6 is 0 Å². The number of sulfone groups is 1. The molecule has 0 aromatic carbocycles. The van der Waals surface area contributed by atoms with Crippen LogP contribution in [0.15, 0.2) is 0 Å². The van der Waals surface area contributed by atoms with E-state index in [1.165, 1.54) is 6.26 Å². The summed E-state index contributed by atoms with van der Waals surface area (Å²) in [6.45, 7) is 2.90. The first-order chi connectivity index (χ1) is 8.81. The molecule has 1 aromatic rings. The van der Waals surface area contributed by atoms with Crippen molar-refractivity contribution in [3.8, 4) is 0 Å². The maximum Gasteiger partial charge on any atom is 0.231 e. The van der Waals surface area contributed by atoms with Gasteiger partial charge >= 0.3 is 0 Å². The van der Waals surface area contributed by atoms with E-state index < -0.39 is 9.84 Å². The molecule has 8 nitrogen and oxygen atoms in total. The maximum atomic E-state index is 11.1. The second-order valence-electron chi connectivity index (χ2n) is 4.26. The lowest BCUT2D eigenvalue weighted by molar-refractivity contribution is 0.602. The fourth-order valence-corrected chi connectivity index (χ4v) is 1.70. The van der Waals surface area contributed by atoms with Crippen molar-refractivity contribution in [1.29, 1.82) is 0 Å². The van der Waals surface area contributed by atoms with Gasteiger partial charge in [0.15, 0.2) is 0 Å². The highest BCUT2D eigenvalue weighted by Crippen LogP contribution is 2.10. The lowest BCUT2D eigenvalue weighted by Gasteiger charge is -2.13. The normalized spacial score (nSPS) is 11.2. The Kier molecular flexibility index (Phi) is 5.28. The minimum Gasteiger partial charge on any atom is -0.354 e. The molecule has 0 unspecified atom stereocenters. The number of rotatable bonds is 7. The molecule has 0 saturated heterocycles. The molecule has 1 heterocycles. The van der Waals surface area contributed by atoms with E-state index >= 15 is 0 Å². The molecule has 0 bridgehead atoms. The van der Waals surface area contributed by atoms with Gasteiger partial charge in [-0.3, -0.25) is 0 Å². The highest BCUT2D eigenvalue weighted by molar-refractivity contribution is 7.90. The third-order valence-electron chi connectivity index (χ3n) is 2.11. The summed E-state index contributed by atoms with van der Waals surface area (Å²) in [4.78, 5) is 14.3. The summed E-state index contributed by atoms with van der Waals surface area (Å²) in [5.74, 6) is 1.36. The molecule has 0 spiro atoms. The lowest BCUT2D eigenvalue weighted by Crippen LogP contribution is -2.19. The fraction of sp³-hybridized carbons (Fsp3) is 0.700. The summed E-state index contributed by atoms with van der Waals surface area (Å²) in [6, 6.07) is 0. The van der Waals surface area contributed by atoms with Crippen LogP contribution in [-0.2, 0) is 9.84 Å². The first-order valence-corrected chi connectivity index (χ1v) is 7.96. The summed E-state index contributed by atoms with van der Waals surface area (Å²) < 4.78 is 22.1. The van der Waals surface area contributed by atoms with Crippen molar-refractivity contribution in [2.75, 3.05) is 54.7 Å². The van der Waals surface area contributed by atoms with Crippen LogP contribution in [0, 0.1) is 0 Å². The Balaban J connectivity index is 2.81. The average Bonchev–Trinajstić information content (AvgIpc) is 2.27. The molecule has 2 N–H and O–H groups in total.